The molecule has 0 bridgehead atoms. The summed E-state index contributed by atoms with van der Waals surface area (Å²) in [5, 5.41) is 0. The Morgan fingerprint density at radius 1 is 1.00 bits per heavy atom. The van der Waals surface area contributed by atoms with Crippen LogP contribution in [0.3, 0.4) is 0 Å². The van der Waals surface area contributed by atoms with E-state index in [1.165, 1.54) is 40.7 Å². The van der Waals surface area contributed by atoms with Crippen LogP contribution in [-0.2, 0) is 0 Å². The third kappa shape index (κ3) is 17.6. The molecule has 0 fully saturated rings. The Morgan fingerprint density at radius 2 is 1.50 bits per heavy atom. The van der Waals surface area contributed by atoms with Gasteiger partial charge in [-0.25, -0.2) is 0 Å². The first-order valence-electron chi connectivity index (χ1n) is 10.9. The van der Waals surface area contributed by atoms with Crippen LogP contribution in [-0.4, -0.2) is 0 Å². The SMILES string of the molecule is C=C(C)CCC.C=C/C=C\C.CC.CC/C(C)=C(/C)c1ccc(C(C)C)cc1. The Morgan fingerprint density at radius 3 is 1.71 bits per heavy atom. The Bertz CT molecular complexity index is 550. The lowest BCUT2D eigenvalue weighted by molar-refractivity contribution is 0.866. The van der Waals surface area contributed by atoms with Gasteiger partial charge in [0.05, 0.1) is 0 Å². The van der Waals surface area contributed by atoms with E-state index in [0.29, 0.717) is 5.92 Å². The Labute approximate surface area is 178 Å². The molecule has 0 aromatic heterocycles. The third-order valence-corrected chi connectivity index (χ3v) is 4.19. The fourth-order valence-corrected chi connectivity index (χ4v) is 2.19. The highest BCUT2D eigenvalue weighted by Gasteiger charge is 2.01. The van der Waals surface area contributed by atoms with E-state index in [1.807, 2.05) is 32.9 Å². The second-order valence-electron chi connectivity index (χ2n) is 7.00. The lowest BCUT2D eigenvalue weighted by atomic mass is 9.97. The lowest BCUT2D eigenvalue weighted by Gasteiger charge is -2.09. The summed E-state index contributed by atoms with van der Waals surface area (Å²) in [6, 6.07) is 8.96. The largest absolute Gasteiger partial charge is 0.100 e. The minimum atomic E-state index is 0.621. The van der Waals surface area contributed by atoms with Gasteiger partial charge in [0.15, 0.2) is 0 Å². The summed E-state index contributed by atoms with van der Waals surface area (Å²) in [6.07, 6.45) is 9.13. The average Bonchev–Trinajstić information content (AvgIpc) is 2.70. The number of hydrogen-bond acceptors (Lipinski definition) is 0. The summed E-state index contributed by atoms with van der Waals surface area (Å²) in [5.74, 6) is 0.621. The van der Waals surface area contributed by atoms with E-state index in [9.17, 15) is 0 Å². The molecule has 0 spiro atoms. The molecule has 0 aliphatic carbocycles. The average molecular weight is 385 g/mol. The van der Waals surface area contributed by atoms with E-state index in [2.05, 4.69) is 85.9 Å². The second-order valence-corrected chi connectivity index (χ2v) is 7.00. The fraction of sp³-hybridized carbons (Fsp3) is 0.500. The highest BCUT2D eigenvalue weighted by molar-refractivity contribution is 5.66. The first-order chi connectivity index (χ1) is 13.2. The van der Waals surface area contributed by atoms with Gasteiger partial charge in [0, 0.05) is 0 Å². The van der Waals surface area contributed by atoms with Crippen LogP contribution in [0, 0.1) is 0 Å². The summed E-state index contributed by atoms with van der Waals surface area (Å²) in [4.78, 5) is 0. The molecule has 28 heavy (non-hydrogen) atoms. The van der Waals surface area contributed by atoms with Crippen LogP contribution in [0.15, 0.2) is 66.8 Å². The van der Waals surface area contributed by atoms with Gasteiger partial charge in [-0.3, -0.25) is 0 Å². The summed E-state index contributed by atoms with van der Waals surface area (Å²) >= 11 is 0. The van der Waals surface area contributed by atoms with Crippen molar-refractivity contribution in [3.05, 3.63) is 77.9 Å². The van der Waals surface area contributed by atoms with E-state index in [0.717, 1.165) is 6.42 Å². The molecule has 0 saturated heterocycles. The smallest absolute Gasteiger partial charge is 0.0219 e. The predicted octanol–water partition coefficient (Wildman–Crippen LogP) is 10.2. The van der Waals surface area contributed by atoms with Gasteiger partial charge in [0.1, 0.15) is 0 Å². The van der Waals surface area contributed by atoms with Gasteiger partial charge >= 0.3 is 0 Å². The van der Waals surface area contributed by atoms with E-state index < -0.39 is 0 Å². The molecule has 0 radical (unpaired) electrons. The molecule has 0 unspecified atom stereocenters. The van der Waals surface area contributed by atoms with Crippen molar-refractivity contribution in [3.8, 4) is 0 Å². The van der Waals surface area contributed by atoms with E-state index in [-0.39, 0.29) is 0 Å². The standard InChI is InChI=1S/C15H22.C6H12.C5H8.C2H6/c1-6-12(4)13(5)15-9-7-14(8-10-15)11(2)3;1-4-5-6(2)3;1-3-5-4-2;1-2/h7-11H,6H2,1-5H3;2,4-5H2,1,3H3;3-5H,1H2,2H3;1-2H3/b13-12-;;5-4-;. The van der Waals surface area contributed by atoms with Gasteiger partial charge in [-0.15, -0.1) is 6.58 Å². The Balaban J connectivity index is -0.000000398. The molecule has 0 aliphatic heterocycles. The second kappa shape index (κ2) is 21.5. The van der Waals surface area contributed by atoms with Crippen LogP contribution in [0.1, 0.15) is 106 Å². The highest BCUT2D eigenvalue weighted by atomic mass is 14.1. The van der Waals surface area contributed by atoms with Crippen LogP contribution in [0.5, 0.6) is 0 Å². The molecular formula is C28H48. The Hall–Kier alpha value is -1.82. The zero-order chi connectivity index (χ0) is 22.5. The van der Waals surface area contributed by atoms with Crippen molar-refractivity contribution < 1.29 is 0 Å². The van der Waals surface area contributed by atoms with Crippen LogP contribution < -0.4 is 0 Å². The highest BCUT2D eigenvalue weighted by Crippen LogP contribution is 2.22. The topological polar surface area (TPSA) is 0 Å². The molecular weight excluding hydrogens is 336 g/mol. The maximum absolute atomic E-state index is 3.74. The fourth-order valence-electron chi connectivity index (χ4n) is 2.19. The van der Waals surface area contributed by atoms with E-state index in [4.69, 9.17) is 0 Å². The summed E-state index contributed by atoms with van der Waals surface area (Å²) in [5.41, 5.74) is 6.97. The van der Waals surface area contributed by atoms with Crippen LogP contribution >= 0.6 is 0 Å². The maximum Gasteiger partial charge on any atom is -0.0219 e. The summed E-state index contributed by atoms with van der Waals surface area (Å²) < 4.78 is 0. The van der Waals surface area contributed by atoms with Crippen molar-refractivity contribution in [2.75, 3.05) is 0 Å². The van der Waals surface area contributed by atoms with Gasteiger partial charge in [0.2, 0.25) is 0 Å². The maximum atomic E-state index is 3.74. The molecule has 0 saturated carbocycles. The number of hydrogen-bond donors (Lipinski definition) is 0. The molecule has 0 N–H and O–H groups in total. The summed E-state index contributed by atoms with van der Waals surface area (Å²) in [6.45, 7) is 28.5. The number of rotatable bonds is 6. The van der Waals surface area contributed by atoms with Gasteiger partial charge in [-0.1, -0.05) is 108 Å². The van der Waals surface area contributed by atoms with Crippen LogP contribution in [0.25, 0.3) is 5.57 Å². The summed E-state index contributed by atoms with van der Waals surface area (Å²) in [7, 11) is 0. The molecule has 0 nitrogen and oxygen atoms in total. The van der Waals surface area contributed by atoms with E-state index >= 15 is 0 Å². The van der Waals surface area contributed by atoms with Crippen molar-refractivity contribution in [2.24, 2.45) is 0 Å². The quantitative estimate of drug-likeness (QED) is 0.338. The minimum absolute atomic E-state index is 0.621. The molecule has 1 aromatic carbocycles. The number of benzene rings is 1. The lowest BCUT2D eigenvalue weighted by Crippen LogP contribution is -1.89. The molecule has 160 valence electrons. The van der Waals surface area contributed by atoms with Gasteiger partial charge in [0.25, 0.3) is 0 Å². The van der Waals surface area contributed by atoms with Gasteiger partial charge in [-0.05, 0) is 63.2 Å². The predicted molar refractivity (Wildman–Crippen MR) is 135 cm³/mol. The molecule has 0 aliphatic rings. The van der Waals surface area contributed by atoms with Crippen molar-refractivity contribution in [2.45, 2.75) is 94.4 Å². The van der Waals surface area contributed by atoms with Crippen molar-refractivity contribution in [1.29, 1.82) is 0 Å². The van der Waals surface area contributed by atoms with Crippen molar-refractivity contribution in [3.63, 3.8) is 0 Å². The van der Waals surface area contributed by atoms with Gasteiger partial charge in [-0.2, -0.15) is 0 Å². The third-order valence-electron chi connectivity index (χ3n) is 4.19. The monoisotopic (exact) mass is 384 g/mol. The first-order valence-corrected chi connectivity index (χ1v) is 10.9. The molecule has 0 heteroatoms. The van der Waals surface area contributed by atoms with Crippen molar-refractivity contribution >= 4 is 5.57 Å². The molecule has 1 rings (SSSR count). The van der Waals surface area contributed by atoms with Gasteiger partial charge < -0.3 is 0 Å². The van der Waals surface area contributed by atoms with Crippen molar-refractivity contribution in [1.82, 2.24) is 0 Å². The van der Waals surface area contributed by atoms with Crippen LogP contribution in [0.2, 0.25) is 0 Å². The first kappa shape index (κ1) is 30.9. The normalized spacial score (nSPS) is 10.5. The van der Waals surface area contributed by atoms with Crippen LogP contribution in [0.4, 0.5) is 0 Å². The minimum Gasteiger partial charge on any atom is -0.100 e. The number of allylic oxidation sites excluding steroid dienone is 6. The molecule has 0 amide bonds. The Kier molecular flexibility index (Phi) is 23.7. The zero-order valence-electron chi connectivity index (χ0n) is 20.7. The molecule has 1 aromatic rings. The zero-order valence-corrected chi connectivity index (χ0v) is 20.7. The van der Waals surface area contributed by atoms with E-state index in [1.54, 1.807) is 6.08 Å². The molecule has 0 heterocycles. The molecule has 0 atom stereocenters.